The summed E-state index contributed by atoms with van der Waals surface area (Å²) >= 11 is 24.6. The normalized spacial score (nSPS) is 17.8. The minimum absolute atomic E-state index is 0. The van der Waals surface area contributed by atoms with Gasteiger partial charge in [-0.2, -0.15) is 0 Å². The molecule has 14 nitrogen and oxygen atoms in total. The predicted octanol–water partition coefficient (Wildman–Crippen LogP) is 14.2. The second-order valence-electron chi connectivity index (χ2n) is 19.4. The van der Waals surface area contributed by atoms with E-state index in [1.807, 2.05) is 98.8 Å². The summed E-state index contributed by atoms with van der Waals surface area (Å²) in [6.45, 7) is 5.83. The molecule has 6 aromatic carbocycles. The highest BCUT2D eigenvalue weighted by molar-refractivity contribution is 6.32. The van der Waals surface area contributed by atoms with Crippen molar-refractivity contribution in [2.45, 2.75) is 77.0 Å². The van der Waals surface area contributed by atoms with Crippen molar-refractivity contribution in [2.24, 2.45) is 0 Å². The molecule has 0 spiro atoms. The molecule has 0 saturated carbocycles. The van der Waals surface area contributed by atoms with Gasteiger partial charge in [0, 0.05) is 80.6 Å². The quantitative estimate of drug-likeness (QED) is 0.0872. The number of aliphatic hydroxyl groups is 2. The highest BCUT2D eigenvalue weighted by Gasteiger charge is 2.38. The summed E-state index contributed by atoms with van der Waals surface area (Å²) in [6, 6.07) is 39.5. The van der Waals surface area contributed by atoms with Crippen molar-refractivity contribution in [1.82, 2.24) is 19.8 Å². The van der Waals surface area contributed by atoms with Crippen molar-refractivity contribution in [1.29, 1.82) is 0 Å². The van der Waals surface area contributed by atoms with Crippen LogP contribution < -0.4 is 18.9 Å². The molecule has 0 bridgehead atoms. The van der Waals surface area contributed by atoms with Gasteiger partial charge >= 0.3 is 12.2 Å². The zero-order chi connectivity index (χ0) is 53.8. The van der Waals surface area contributed by atoms with E-state index in [0.717, 1.165) is 67.6 Å². The Hall–Kier alpha value is -6.46. The molecule has 4 atom stereocenters. The molecule has 0 radical (unpaired) electrons. The van der Waals surface area contributed by atoms with Crippen molar-refractivity contribution in [2.75, 3.05) is 39.5 Å². The molecule has 3 aliphatic rings. The summed E-state index contributed by atoms with van der Waals surface area (Å²) in [4.78, 5) is 37.4. The average molecular weight is 1140 g/mol. The van der Waals surface area contributed by atoms with E-state index in [1.165, 1.54) is 0 Å². The molecule has 1 fully saturated rings. The Labute approximate surface area is 474 Å². The Morgan fingerprint density at radius 2 is 1.06 bits per heavy atom. The number of benzene rings is 6. The number of amides is 2. The first-order chi connectivity index (χ1) is 37.2. The molecule has 410 valence electrons. The minimum atomic E-state index is -0.810. The van der Waals surface area contributed by atoms with Crippen LogP contribution in [-0.4, -0.2) is 99.7 Å². The van der Waals surface area contributed by atoms with Crippen molar-refractivity contribution in [3.63, 3.8) is 0 Å². The number of hydrogen-bond donors (Lipinski definition) is 4. The van der Waals surface area contributed by atoms with E-state index < -0.39 is 30.1 Å². The standard InChI is InChI=1S/C31H30Cl2N2O5.C28H26Cl2N2O5.CH4.H2/c1-31(2)38-18-24(40-31)14-16-37-22-8-3-19(4-9-22)29-28-25(26-17-21(33)7-12-27(26)34-28)13-15-35(29)30(36)39-23-10-5-20(32)6-11-23;29-18-3-8-22(9-4-18)37-28(35)32-13-11-23-24-15-19(30)5-10-25(24)31-26(23)27(32)17-1-6-21(7-2-17)36-14-12-20(34)16-33;;/h3-12,17,24,29,34H,13-16,18H2,1-2H3;1-10,15,20,27,31,33-34H,11-14,16H2;1H4;1H/t24-,29-;20-,27-;;/m00../s1. The van der Waals surface area contributed by atoms with E-state index in [9.17, 15) is 14.7 Å². The van der Waals surface area contributed by atoms with Crippen molar-refractivity contribution in [3.05, 3.63) is 187 Å². The number of carbonyl (C=O) groups excluding carboxylic acids is 2. The topological polar surface area (TPSA) is 168 Å². The molecule has 2 amide bonds. The molecule has 4 N–H and O–H groups in total. The number of aliphatic hydroxyl groups excluding tert-OH is 2. The maximum Gasteiger partial charge on any atom is 0.416 e. The summed E-state index contributed by atoms with van der Waals surface area (Å²) in [5, 5.41) is 23.1. The Morgan fingerprint density at radius 1 is 0.641 bits per heavy atom. The Morgan fingerprint density at radius 3 is 1.49 bits per heavy atom. The van der Waals surface area contributed by atoms with Crippen LogP contribution >= 0.6 is 46.4 Å². The van der Waals surface area contributed by atoms with Crippen molar-refractivity contribution in [3.8, 4) is 23.0 Å². The Kier molecular flexibility index (Phi) is 17.8. The number of nitrogens with one attached hydrogen (secondary N) is 2. The monoisotopic (exact) mass is 1140 g/mol. The first-order valence-corrected chi connectivity index (χ1v) is 26.8. The molecule has 1 saturated heterocycles. The van der Waals surface area contributed by atoms with Gasteiger partial charge in [-0.1, -0.05) is 78.1 Å². The van der Waals surface area contributed by atoms with E-state index in [-0.39, 0.29) is 34.2 Å². The highest BCUT2D eigenvalue weighted by Crippen LogP contribution is 2.42. The molecule has 5 heterocycles. The first-order valence-electron chi connectivity index (χ1n) is 25.3. The van der Waals surface area contributed by atoms with Gasteiger partial charge in [0.2, 0.25) is 0 Å². The lowest BCUT2D eigenvalue weighted by Gasteiger charge is -2.35. The van der Waals surface area contributed by atoms with Gasteiger partial charge in [-0.05, 0) is 158 Å². The molecule has 3 aliphatic heterocycles. The van der Waals surface area contributed by atoms with Crippen LogP contribution in [0.2, 0.25) is 20.1 Å². The van der Waals surface area contributed by atoms with Gasteiger partial charge in [-0.25, -0.2) is 9.59 Å². The summed E-state index contributed by atoms with van der Waals surface area (Å²) in [5.41, 5.74) is 7.89. The third-order valence-electron chi connectivity index (χ3n) is 13.8. The number of H-pyrrole nitrogens is 2. The lowest BCUT2D eigenvalue weighted by Crippen LogP contribution is -2.42. The van der Waals surface area contributed by atoms with E-state index in [0.29, 0.717) is 82.9 Å². The Balaban J connectivity index is 0.000000204. The highest BCUT2D eigenvalue weighted by atomic mass is 35.5. The fraction of sp³-hybridized carbons (Fsp3) is 0.300. The van der Waals surface area contributed by atoms with Gasteiger partial charge < -0.3 is 48.6 Å². The van der Waals surface area contributed by atoms with Gasteiger partial charge in [0.05, 0.1) is 38.6 Å². The fourth-order valence-electron chi connectivity index (χ4n) is 10.0. The van der Waals surface area contributed by atoms with Crippen molar-refractivity contribution < 1.29 is 49.6 Å². The molecular weight excluding hydrogens is 1080 g/mol. The summed E-state index contributed by atoms with van der Waals surface area (Å²) in [5.74, 6) is 1.68. The van der Waals surface area contributed by atoms with Crippen LogP contribution in [0.3, 0.4) is 0 Å². The van der Waals surface area contributed by atoms with E-state index >= 15 is 0 Å². The zero-order valence-corrected chi connectivity index (χ0v) is 45.2. The number of aromatic amines is 2. The number of fused-ring (bicyclic) bond motifs is 6. The maximum absolute atomic E-state index is 13.5. The van der Waals surface area contributed by atoms with E-state index in [2.05, 4.69) is 9.97 Å². The van der Waals surface area contributed by atoms with Crippen LogP contribution in [0, 0.1) is 0 Å². The molecule has 11 rings (SSSR count). The van der Waals surface area contributed by atoms with Crippen LogP contribution in [0.5, 0.6) is 23.0 Å². The van der Waals surface area contributed by atoms with Crippen LogP contribution in [0.1, 0.15) is 81.3 Å². The van der Waals surface area contributed by atoms with Crippen LogP contribution in [0.4, 0.5) is 9.59 Å². The molecule has 18 heteroatoms. The maximum atomic E-state index is 13.5. The average Bonchev–Trinajstić information content (AvgIpc) is 4.11. The second kappa shape index (κ2) is 24.7. The van der Waals surface area contributed by atoms with E-state index in [1.54, 1.807) is 58.3 Å². The van der Waals surface area contributed by atoms with Crippen LogP contribution in [-0.2, 0) is 22.3 Å². The molecule has 0 aliphatic carbocycles. The number of ether oxygens (including phenoxy) is 6. The third-order valence-corrected chi connectivity index (χ3v) is 14.8. The van der Waals surface area contributed by atoms with Gasteiger partial charge in [-0.3, -0.25) is 9.80 Å². The molecule has 8 aromatic rings. The molecule has 2 aromatic heterocycles. The summed E-state index contributed by atoms with van der Waals surface area (Å²) < 4.78 is 34.7. The van der Waals surface area contributed by atoms with E-state index in [4.69, 9.17) is 79.9 Å². The minimum Gasteiger partial charge on any atom is -0.493 e. The zero-order valence-electron chi connectivity index (χ0n) is 42.1. The number of carbonyl (C=O) groups is 2. The summed E-state index contributed by atoms with van der Waals surface area (Å²) in [7, 11) is 0. The molecule has 78 heavy (non-hydrogen) atoms. The number of rotatable bonds is 13. The number of nitrogens with zero attached hydrogens (tertiary/aromatic N) is 2. The first kappa shape index (κ1) is 56.3. The third kappa shape index (κ3) is 13.0. The van der Waals surface area contributed by atoms with Gasteiger partial charge in [0.25, 0.3) is 0 Å². The van der Waals surface area contributed by atoms with Crippen LogP contribution in [0.25, 0.3) is 21.8 Å². The largest absolute Gasteiger partial charge is 0.493 e. The number of hydrogen-bond acceptors (Lipinski definition) is 10. The number of aromatic nitrogens is 2. The Bertz CT molecular complexity index is 3360. The molecule has 0 unspecified atom stereocenters. The second-order valence-corrected chi connectivity index (χ2v) is 21.2. The predicted molar refractivity (Wildman–Crippen MR) is 306 cm³/mol. The summed E-state index contributed by atoms with van der Waals surface area (Å²) in [6.07, 6.45) is 0.694. The van der Waals surface area contributed by atoms with Gasteiger partial charge in [-0.15, -0.1) is 0 Å². The SMILES string of the molecule is C.CC1(C)OC[C@H](CCOc2ccc([C@H]3c4[nH]c5ccc(Cl)cc5c4CCN3C(=O)Oc3ccc(Cl)cc3)cc2)O1.O=C(Oc1ccc(Cl)cc1)N1CCc2c([nH]c3ccc(Cl)cc23)[C@@H]1c1ccc(OCC[C@H](O)CO)cc1.[HH]. The molecular formula is C60H62Cl4N4O10. The number of halogens is 4. The lowest BCUT2D eigenvalue weighted by molar-refractivity contribution is -0.139. The van der Waals surface area contributed by atoms with Crippen molar-refractivity contribution >= 4 is 80.4 Å². The van der Waals surface area contributed by atoms with Crippen LogP contribution in [0.15, 0.2) is 133 Å². The smallest absolute Gasteiger partial charge is 0.416 e. The fourth-order valence-corrected chi connectivity index (χ4v) is 10.6. The van der Waals surface area contributed by atoms with Gasteiger partial charge in [0.15, 0.2) is 5.79 Å². The lowest BCUT2D eigenvalue weighted by atomic mass is 9.92. The van der Waals surface area contributed by atoms with Gasteiger partial charge in [0.1, 0.15) is 35.1 Å².